The third-order valence-electron chi connectivity index (χ3n) is 4.25. The predicted molar refractivity (Wildman–Crippen MR) is 78.4 cm³/mol. The maximum Gasteiger partial charge on any atom is 0.311 e. The standard InChI is InChI=1S/C16H21NO4/c1-11-5-4-6-13(12(11)2)21-9-14(18)17-8-7-16(3,10-17)15(19)20/h4-6H,7-10H2,1-3H3,(H,19,20). The molecule has 1 atom stereocenters. The summed E-state index contributed by atoms with van der Waals surface area (Å²) in [6.07, 6.45) is 0.484. The molecule has 5 nitrogen and oxygen atoms in total. The summed E-state index contributed by atoms with van der Waals surface area (Å²) < 4.78 is 5.58. The molecule has 1 saturated heterocycles. The van der Waals surface area contributed by atoms with Gasteiger partial charge >= 0.3 is 5.97 Å². The maximum atomic E-state index is 12.1. The second-order valence-corrected chi connectivity index (χ2v) is 5.92. The largest absolute Gasteiger partial charge is 0.483 e. The van der Waals surface area contributed by atoms with E-state index in [1.54, 1.807) is 11.8 Å². The molecule has 1 aromatic carbocycles. The van der Waals surface area contributed by atoms with Gasteiger partial charge in [0.25, 0.3) is 5.91 Å². The zero-order chi connectivity index (χ0) is 15.6. The van der Waals surface area contributed by atoms with Crippen molar-refractivity contribution in [2.45, 2.75) is 27.2 Å². The van der Waals surface area contributed by atoms with Gasteiger partial charge in [-0.1, -0.05) is 12.1 Å². The number of carboxylic acid groups (broad SMARTS) is 1. The Morgan fingerprint density at radius 1 is 1.38 bits per heavy atom. The van der Waals surface area contributed by atoms with Gasteiger partial charge in [0.1, 0.15) is 5.75 Å². The van der Waals surface area contributed by atoms with E-state index in [1.165, 1.54) is 0 Å². The second kappa shape index (κ2) is 5.76. The van der Waals surface area contributed by atoms with Gasteiger partial charge in [0.15, 0.2) is 6.61 Å². The highest BCUT2D eigenvalue weighted by Crippen LogP contribution is 2.30. The lowest BCUT2D eigenvalue weighted by molar-refractivity contribution is -0.147. The van der Waals surface area contributed by atoms with Crippen LogP contribution in [0, 0.1) is 19.3 Å². The van der Waals surface area contributed by atoms with E-state index in [2.05, 4.69) is 0 Å². The molecule has 1 N–H and O–H groups in total. The Labute approximate surface area is 124 Å². The Morgan fingerprint density at radius 3 is 2.71 bits per heavy atom. The van der Waals surface area contributed by atoms with Crippen molar-refractivity contribution in [3.05, 3.63) is 29.3 Å². The summed E-state index contributed by atoms with van der Waals surface area (Å²) >= 11 is 0. The van der Waals surface area contributed by atoms with E-state index in [-0.39, 0.29) is 19.1 Å². The lowest BCUT2D eigenvalue weighted by atomic mass is 9.90. The molecule has 5 heteroatoms. The van der Waals surface area contributed by atoms with Crippen molar-refractivity contribution in [1.82, 2.24) is 4.90 Å². The molecule has 1 aliphatic rings. The number of ether oxygens (including phenoxy) is 1. The van der Waals surface area contributed by atoms with Crippen LogP contribution < -0.4 is 4.74 Å². The minimum atomic E-state index is -0.853. The molecule has 1 heterocycles. The Hall–Kier alpha value is -2.04. The number of hydrogen-bond donors (Lipinski definition) is 1. The van der Waals surface area contributed by atoms with Crippen molar-refractivity contribution in [1.29, 1.82) is 0 Å². The summed E-state index contributed by atoms with van der Waals surface area (Å²) in [6, 6.07) is 5.71. The van der Waals surface area contributed by atoms with Crippen LogP contribution >= 0.6 is 0 Å². The van der Waals surface area contributed by atoms with Gasteiger partial charge in [-0.05, 0) is 44.4 Å². The first-order valence-corrected chi connectivity index (χ1v) is 7.04. The molecule has 1 aromatic rings. The minimum absolute atomic E-state index is 0.0556. The number of aryl methyl sites for hydroxylation is 1. The highest BCUT2D eigenvalue weighted by atomic mass is 16.5. The fourth-order valence-electron chi connectivity index (χ4n) is 2.46. The summed E-state index contributed by atoms with van der Waals surface area (Å²) in [5, 5.41) is 9.18. The Kier molecular flexibility index (Phi) is 4.21. The molecule has 0 aromatic heterocycles. The summed E-state index contributed by atoms with van der Waals surface area (Å²) in [7, 11) is 0. The molecule has 0 spiro atoms. The first-order chi connectivity index (χ1) is 9.83. The van der Waals surface area contributed by atoms with Crippen molar-refractivity contribution in [2.24, 2.45) is 5.41 Å². The summed E-state index contributed by atoms with van der Waals surface area (Å²) in [6.45, 7) is 6.28. The number of aliphatic carboxylic acids is 1. The average molecular weight is 291 g/mol. The first-order valence-electron chi connectivity index (χ1n) is 7.04. The molecule has 0 aliphatic carbocycles. The van der Waals surface area contributed by atoms with Crippen LogP contribution in [0.25, 0.3) is 0 Å². The first kappa shape index (κ1) is 15.4. The van der Waals surface area contributed by atoms with Gasteiger partial charge in [-0.2, -0.15) is 0 Å². The normalized spacial score (nSPS) is 21.4. The molecule has 2 rings (SSSR count). The van der Waals surface area contributed by atoms with Crippen LogP contribution in [0.4, 0.5) is 0 Å². The molecule has 1 amide bonds. The SMILES string of the molecule is Cc1cccc(OCC(=O)N2CCC(C)(C(=O)O)C2)c1C. The molecule has 1 fully saturated rings. The van der Waals surface area contributed by atoms with Gasteiger partial charge in [-0.15, -0.1) is 0 Å². The van der Waals surface area contributed by atoms with Crippen LogP contribution in [0.3, 0.4) is 0 Å². The predicted octanol–water partition coefficient (Wildman–Crippen LogP) is 2.01. The molecule has 21 heavy (non-hydrogen) atoms. The van der Waals surface area contributed by atoms with E-state index in [0.29, 0.717) is 18.7 Å². The highest BCUT2D eigenvalue weighted by Gasteiger charge is 2.42. The molecule has 1 aliphatic heterocycles. The van der Waals surface area contributed by atoms with E-state index >= 15 is 0 Å². The second-order valence-electron chi connectivity index (χ2n) is 5.92. The summed E-state index contributed by atoms with van der Waals surface area (Å²) in [5.41, 5.74) is 1.29. The van der Waals surface area contributed by atoms with Gasteiger partial charge in [0, 0.05) is 13.1 Å². The zero-order valence-electron chi connectivity index (χ0n) is 12.7. The third-order valence-corrected chi connectivity index (χ3v) is 4.25. The maximum absolute atomic E-state index is 12.1. The minimum Gasteiger partial charge on any atom is -0.483 e. The lowest BCUT2D eigenvalue weighted by Crippen LogP contribution is -2.37. The third kappa shape index (κ3) is 3.17. The highest BCUT2D eigenvalue weighted by molar-refractivity contribution is 5.81. The number of carbonyl (C=O) groups is 2. The van der Waals surface area contributed by atoms with Crippen LogP contribution in [0.2, 0.25) is 0 Å². The molecule has 114 valence electrons. The molecular formula is C16H21NO4. The summed E-state index contributed by atoms with van der Waals surface area (Å²) in [4.78, 5) is 24.9. The number of carboxylic acids is 1. The van der Waals surface area contributed by atoms with Crippen LogP contribution in [0.15, 0.2) is 18.2 Å². The van der Waals surface area contributed by atoms with Crippen LogP contribution in [0.5, 0.6) is 5.75 Å². The van der Waals surface area contributed by atoms with Crippen LogP contribution in [-0.4, -0.2) is 41.6 Å². The van der Waals surface area contributed by atoms with Gasteiger partial charge in [0.2, 0.25) is 0 Å². The van der Waals surface area contributed by atoms with Crippen molar-refractivity contribution < 1.29 is 19.4 Å². The quantitative estimate of drug-likeness (QED) is 0.921. The van der Waals surface area contributed by atoms with Crippen LogP contribution in [0.1, 0.15) is 24.5 Å². The van der Waals surface area contributed by atoms with Gasteiger partial charge in [-0.3, -0.25) is 9.59 Å². The number of nitrogens with zero attached hydrogens (tertiary/aromatic N) is 1. The van der Waals surface area contributed by atoms with Crippen LogP contribution in [-0.2, 0) is 9.59 Å². The Balaban J connectivity index is 1.94. The number of hydrogen-bond acceptors (Lipinski definition) is 3. The topological polar surface area (TPSA) is 66.8 Å². The van der Waals surface area contributed by atoms with E-state index < -0.39 is 11.4 Å². The monoisotopic (exact) mass is 291 g/mol. The fraction of sp³-hybridized carbons (Fsp3) is 0.500. The van der Waals surface area contributed by atoms with E-state index in [4.69, 9.17) is 4.74 Å². The van der Waals surface area contributed by atoms with Gasteiger partial charge < -0.3 is 14.7 Å². The molecule has 0 radical (unpaired) electrons. The molecular weight excluding hydrogens is 270 g/mol. The number of rotatable bonds is 4. The van der Waals surface area contributed by atoms with Gasteiger partial charge in [0.05, 0.1) is 5.41 Å². The molecule has 1 unspecified atom stereocenters. The Morgan fingerprint density at radius 2 is 2.10 bits per heavy atom. The summed E-state index contributed by atoms with van der Waals surface area (Å²) in [5.74, 6) is -0.322. The van der Waals surface area contributed by atoms with Crippen molar-refractivity contribution in [3.63, 3.8) is 0 Å². The van der Waals surface area contributed by atoms with Crippen molar-refractivity contribution in [2.75, 3.05) is 19.7 Å². The van der Waals surface area contributed by atoms with E-state index in [0.717, 1.165) is 11.1 Å². The number of likely N-dealkylation sites (tertiary alicyclic amines) is 1. The number of benzene rings is 1. The Bertz CT molecular complexity index is 569. The zero-order valence-corrected chi connectivity index (χ0v) is 12.7. The fourth-order valence-corrected chi connectivity index (χ4v) is 2.46. The number of carbonyl (C=O) groups excluding carboxylic acids is 1. The number of amides is 1. The average Bonchev–Trinajstić information content (AvgIpc) is 2.84. The van der Waals surface area contributed by atoms with Gasteiger partial charge in [-0.25, -0.2) is 0 Å². The van der Waals surface area contributed by atoms with E-state index in [9.17, 15) is 14.7 Å². The van der Waals surface area contributed by atoms with E-state index in [1.807, 2.05) is 32.0 Å². The molecule has 0 saturated carbocycles. The molecule has 0 bridgehead atoms. The van der Waals surface area contributed by atoms with Crippen molar-refractivity contribution in [3.8, 4) is 5.75 Å². The van der Waals surface area contributed by atoms with Crippen molar-refractivity contribution >= 4 is 11.9 Å². The lowest BCUT2D eigenvalue weighted by Gasteiger charge is -2.20. The smallest absolute Gasteiger partial charge is 0.311 e.